The van der Waals surface area contributed by atoms with Crippen molar-refractivity contribution in [3.63, 3.8) is 0 Å². The van der Waals surface area contributed by atoms with Crippen LogP contribution < -0.4 is 10.6 Å². The van der Waals surface area contributed by atoms with Gasteiger partial charge in [0.15, 0.2) is 11.8 Å². The minimum atomic E-state index is 0.300. The SMILES string of the molecule is CCOCCNC(=NC)NCCCc1nc(C(C)C)no1. The lowest BCUT2D eigenvalue weighted by Gasteiger charge is -2.11. The van der Waals surface area contributed by atoms with Crippen molar-refractivity contribution < 1.29 is 9.26 Å². The molecular formula is C14H27N5O2. The molecule has 7 nitrogen and oxygen atoms in total. The topological polar surface area (TPSA) is 84.6 Å². The molecule has 0 saturated heterocycles. The van der Waals surface area contributed by atoms with E-state index in [0.29, 0.717) is 18.4 Å². The maximum absolute atomic E-state index is 5.26. The second-order valence-electron chi connectivity index (χ2n) is 4.93. The number of aryl methyl sites for hydroxylation is 1. The van der Waals surface area contributed by atoms with Gasteiger partial charge in [-0.25, -0.2) is 0 Å². The van der Waals surface area contributed by atoms with Crippen LogP contribution in [0.5, 0.6) is 0 Å². The van der Waals surface area contributed by atoms with Gasteiger partial charge in [-0.3, -0.25) is 4.99 Å². The summed E-state index contributed by atoms with van der Waals surface area (Å²) < 4.78 is 10.5. The van der Waals surface area contributed by atoms with E-state index in [2.05, 4.69) is 25.8 Å². The quantitative estimate of drug-likeness (QED) is 0.406. The summed E-state index contributed by atoms with van der Waals surface area (Å²) in [5.41, 5.74) is 0. The van der Waals surface area contributed by atoms with Crippen molar-refractivity contribution in [2.45, 2.75) is 39.5 Å². The number of aromatic nitrogens is 2. The Labute approximate surface area is 126 Å². The van der Waals surface area contributed by atoms with Crippen LogP contribution in [0.1, 0.15) is 44.8 Å². The molecule has 1 heterocycles. The lowest BCUT2D eigenvalue weighted by molar-refractivity contribution is 0.152. The summed E-state index contributed by atoms with van der Waals surface area (Å²) in [6.07, 6.45) is 1.68. The van der Waals surface area contributed by atoms with Gasteiger partial charge in [0.1, 0.15) is 0 Å². The highest BCUT2D eigenvalue weighted by Crippen LogP contribution is 2.10. The molecule has 0 amide bonds. The predicted molar refractivity (Wildman–Crippen MR) is 82.6 cm³/mol. The number of rotatable bonds is 9. The predicted octanol–water partition coefficient (Wildman–Crippen LogP) is 1.33. The Morgan fingerprint density at radius 1 is 1.33 bits per heavy atom. The van der Waals surface area contributed by atoms with Gasteiger partial charge < -0.3 is 19.9 Å². The third-order valence-electron chi connectivity index (χ3n) is 2.83. The molecular weight excluding hydrogens is 270 g/mol. The Morgan fingerprint density at radius 2 is 2.10 bits per heavy atom. The molecule has 0 aromatic carbocycles. The van der Waals surface area contributed by atoms with Crippen molar-refractivity contribution in [2.24, 2.45) is 4.99 Å². The standard InChI is InChI=1S/C14H27N5O2/c1-5-20-10-9-17-14(15-4)16-8-6-7-12-18-13(11(2)3)19-21-12/h11H,5-10H2,1-4H3,(H2,15,16,17). The molecule has 0 atom stereocenters. The third kappa shape index (κ3) is 7.08. The highest BCUT2D eigenvalue weighted by Gasteiger charge is 2.09. The van der Waals surface area contributed by atoms with Crippen LogP contribution in [-0.4, -0.2) is 49.5 Å². The first-order valence-corrected chi connectivity index (χ1v) is 7.52. The molecule has 0 aliphatic heterocycles. The second-order valence-corrected chi connectivity index (χ2v) is 4.93. The minimum absolute atomic E-state index is 0.300. The van der Waals surface area contributed by atoms with Gasteiger partial charge in [-0.1, -0.05) is 19.0 Å². The molecule has 2 N–H and O–H groups in total. The van der Waals surface area contributed by atoms with Crippen LogP contribution in [0.25, 0.3) is 0 Å². The fourth-order valence-electron chi connectivity index (χ4n) is 1.66. The molecule has 0 radical (unpaired) electrons. The van der Waals surface area contributed by atoms with Gasteiger partial charge in [0, 0.05) is 39.1 Å². The molecule has 0 aliphatic carbocycles. The molecule has 0 bridgehead atoms. The Hall–Kier alpha value is -1.63. The number of ether oxygens (including phenoxy) is 1. The van der Waals surface area contributed by atoms with E-state index in [9.17, 15) is 0 Å². The van der Waals surface area contributed by atoms with Crippen molar-refractivity contribution in [1.82, 2.24) is 20.8 Å². The maximum atomic E-state index is 5.26. The summed E-state index contributed by atoms with van der Waals surface area (Å²) in [4.78, 5) is 8.49. The minimum Gasteiger partial charge on any atom is -0.380 e. The number of aliphatic imine (C=N–C) groups is 1. The molecule has 0 spiro atoms. The summed E-state index contributed by atoms with van der Waals surface area (Å²) >= 11 is 0. The molecule has 1 rings (SSSR count). The summed E-state index contributed by atoms with van der Waals surface area (Å²) in [5.74, 6) is 2.54. The molecule has 7 heteroatoms. The van der Waals surface area contributed by atoms with Crippen LogP contribution in [0.4, 0.5) is 0 Å². The molecule has 0 fully saturated rings. The third-order valence-corrected chi connectivity index (χ3v) is 2.83. The Bertz CT molecular complexity index is 417. The summed E-state index contributed by atoms with van der Waals surface area (Å²) in [6, 6.07) is 0. The first-order chi connectivity index (χ1) is 10.2. The van der Waals surface area contributed by atoms with E-state index >= 15 is 0 Å². The van der Waals surface area contributed by atoms with Crippen LogP contribution in [0.2, 0.25) is 0 Å². The number of hydrogen-bond donors (Lipinski definition) is 2. The normalized spacial score (nSPS) is 12.0. The van der Waals surface area contributed by atoms with E-state index in [4.69, 9.17) is 9.26 Å². The largest absolute Gasteiger partial charge is 0.380 e. The lowest BCUT2D eigenvalue weighted by Crippen LogP contribution is -2.39. The van der Waals surface area contributed by atoms with Gasteiger partial charge in [0.2, 0.25) is 5.89 Å². The Morgan fingerprint density at radius 3 is 2.71 bits per heavy atom. The number of hydrogen-bond acceptors (Lipinski definition) is 5. The Balaban J connectivity index is 2.16. The number of nitrogens with one attached hydrogen (secondary N) is 2. The fourth-order valence-corrected chi connectivity index (χ4v) is 1.66. The summed E-state index contributed by atoms with van der Waals surface area (Å²) in [5, 5.41) is 10.4. The first-order valence-electron chi connectivity index (χ1n) is 7.52. The van der Waals surface area contributed by atoms with E-state index in [-0.39, 0.29) is 0 Å². The van der Waals surface area contributed by atoms with Gasteiger partial charge in [0.05, 0.1) is 6.61 Å². The molecule has 0 unspecified atom stereocenters. The highest BCUT2D eigenvalue weighted by molar-refractivity contribution is 5.79. The average Bonchev–Trinajstić information content (AvgIpc) is 2.94. The van der Waals surface area contributed by atoms with Gasteiger partial charge in [0.25, 0.3) is 0 Å². The van der Waals surface area contributed by atoms with Crippen LogP contribution >= 0.6 is 0 Å². The maximum Gasteiger partial charge on any atom is 0.226 e. The zero-order chi connectivity index (χ0) is 15.5. The number of guanidine groups is 1. The van der Waals surface area contributed by atoms with Crippen molar-refractivity contribution >= 4 is 5.96 Å². The molecule has 1 aromatic rings. The van der Waals surface area contributed by atoms with Gasteiger partial charge in [-0.2, -0.15) is 4.98 Å². The molecule has 0 aliphatic rings. The number of nitrogens with zero attached hydrogens (tertiary/aromatic N) is 3. The monoisotopic (exact) mass is 297 g/mol. The van der Waals surface area contributed by atoms with Crippen molar-refractivity contribution in [3.8, 4) is 0 Å². The van der Waals surface area contributed by atoms with Crippen LogP contribution in [0, 0.1) is 0 Å². The van der Waals surface area contributed by atoms with Gasteiger partial charge in [-0.15, -0.1) is 0 Å². The smallest absolute Gasteiger partial charge is 0.226 e. The molecule has 0 saturated carbocycles. The highest BCUT2D eigenvalue weighted by atomic mass is 16.5. The second kappa shape index (κ2) is 10.1. The molecule has 120 valence electrons. The van der Waals surface area contributed by atoms with Crippen molar-refractivity contribution in [2.75, 3.05) is 33.4 Å². The molecule has 21 heavy (non-hydrogen) atoms. The zero-order valence-corrected chi connectivity index (χ0v) is 13.5. The van der Waals surface area contributed by atoms with E-state index in [1.807, 2.05) is 20.8 Å². The summed E-state index contributed by atoms with van der Waals surface area (Å²) in [6.45, 7) is 9.04. The lowest BCUT2D eigenvalue weighted by atomic mass is 10.2. The average molecular weight is 297 g/mol. The van der Waals surface area contributed by atoms with E-state index in [1.54, 1.807) is 7.05 Å². The Kier molecular flexibility index (Phi) is 8.42. The van der Waals surface area contributed by atoms with Crippen LogP contribution in [-0.2, 0) is 11.2 Å². The summed E-state index contributed by atoms with van der Waals surface area (Å²) in [7, 11) is 1.75. The van der Waals surface area contributed by atoms with Crippen molar-refractivity contribution in [3.05, 3.63) is 11.7 Å². The van der Waals surface area contributed by atoms with Crippen molar-refractivity contribution in [1.29, 1.82) is 0 Å². The zero-order valence-electron chi connectivity index (χ0n) is 13.5. The van der Waals surface area contributed by atoms with Crippen LogP contribution in [0.3, 0.4) is 0 Å². The molecule has 1 aromatic heterocycles. The van der Waals surface area contributed by atoms with E-state index in [0.717, 1.165) is 44.3 Å². The van der Waals surface area contributed by atoms with Gasteiger partial charge in [-0.05, 0) is 13.3 Å². The van der Waals surface area contributed by atoms with E-state index in [1.165, 1.54) is 0 Å². The van der Waals surface area contributed by atoms with Gasteiger partial charge >= 0.3 is 0 Å². The fraction of sp³-hybridized carbons (Fsp3) is 0.786. The first kappa shape index (κ1) is 17.4. The van der Waals surface area contributed by atoms with E-state index < -0.39 is 0 Å². The van der Waals surface area contributed by atoms with Crippen LogP contribution in [0.15, 0.2) is 9.52 Å².